The van der Waals surface area contributed by atoms with Gasteiger partial charge in [-0.15, -0.1) is 0 Å². The number of benzene rings is 1. The van der Waals surface area contributed by atoms with Crippen molar-refractivity contribution in [1.29, 1.82) is 0 Å². The van der Waals surface area contributed by atoms with Gasteiger partial charge in [0.1, 0.15) is 11.7 Å². The second-order valence-electron chi connectivity index (χ2n) is 7.72. The third-order valence-electron chi connectivity index (χ3n) is 5.76. The first-order valence-corrected chi connectivity index (χ1v) is 10.1. The summed E-state index contributed by atoms with van der Waals surface area (Å²) >= 11 is 0. The summed E-state index contributed by atoms with van der Waals surface area (Å²) in [5.74, 6) is 0.889. The number of rotatable bonds is 4. The summed E-state index contributed by atoms with van der Waals surface area (Å²) in [5.41, 5.74) is 5.14. The molecule has 5 rings (SSSR count). The third kappa shape index (κ3) is 2.92. The average molecular weight is 433 g/mol. The molecule has 0 saturated carbocycles. The van der Waals surface area contributed by atoms with Crippen LogP contribution in [-0.4, -0.2) is 57.2 Å². The van der Waals surface area contributed by atoms with Crippen LogP contribution in [0.1, 0.15) is 24.1 Å². The number of aryl methyl sites for hydroxylation is 1. The van der Waals surface area contributed by atoms with Crippen LogP contribution in [0.5, 0.6) is 11.5 Å². The first-order chi connectivity index (χ1) is 15.4. The van der Waals surface area contributed by atoms with Crippen LogP contribution in [0.3, 0.4) is 0 Å². The minimum absolute atomic E-state index is 0.0464. The standard InChI is InChI=1S/C23H22FN6O2/c1-12-15(11-29(3)28-12)14-6-18-17(7-20(14)31-4)26-9-19-13(2)27-23(30(18)19)22-16(24)8-25-10-21(22)32-5/h6-11,15H,1-5H3/q+1. The molecule has 162 valence electrons. The molecule has 1 aliphatic rings. The maximum absolute atomic E-state index is 14.9. The summed E-state index contributed by atoms with van der Waals surface area (Å²) in [5, 5.41) is 4.50. The highest BCUT2D eigenvalue weighted by molar-refractivity contribution is 6.04. The molecule has 32 heavy (non-hydrogen) atoms. The molecule has 4 aromatic rings. The average Bonchev–Trinajstić information content (AvgIpc) is 3.30. The number of halogens is 1. The number of fused-ring (bicyclic) bond motifs is 3. The molecule has 0 amide bonds. The van der Waals surface area contributed by atoms with Crippen LogP contribution < -0.4 is 9.47 Å². The van der Waals surface area contributed by atoms with E-state index in [0.717, 1.165) is 34.2 Å². The molecule has 0 N–H and O–H groups in total. The lowest BCUT2D eigenvalue weighted by Crippen LogP contribution is -2.10. The number of pyridine rings is 1. The third-order valence-corrected chi connectivity index (χ3v) is 5.76. The first-order valence-electron chi connectivity index (χ1n) is 10.1. The van der Waals surface area contributed by atoms with Crippen LogP contribution in [0.4, 0.5) is 4.39 Å². The van der Waals surface area contributed by atoms with E-state index in [1.54, 1.807) is 18.0 Å². The Hall–Kier alpha value is -3.88. The van der Waals surface area contributed by atoms with Crippen LogP contribution in [0.25, 0.3) is 27.9 Å². The van der Waals surface area contributed by atoms with E-state index in [9.17, 15) is 4.39 Å². The van der Waals surface area contributed by atoms with Crippen LogP contribution in [-0.2, 0) is 0 Å². The van der Waals surface area contributed by atoms with Gasteiger partial charge in [0.05, 0.1) is 66.3 Å². The SMILES string of the molecule is COc1cc2ncc3c(C)nc(-c4c(F)cncc4OC)n3c2cc1C1C=[N+](C)N=C1C. The monoisotopic (exact) mass is 433 g/mol. The van der Waals surface area contributed by atoms with Gasteiger partial charge < -0.3 is 9.47 Å². The highest BCUT2D eigenvalue weighted by Gasteiger charge is 2.29. The number of ether oxygens (including phenoxy) is 2. The lowest BCUT2D eigenvalue weighted by Gasteiger charge is -2.15. The number of hydrogen-bond acceptors (Lipinski definition) is 6. The second-order valence-corrected chi connectivity index (χ2v) is 7.72. The molecule has 0 spiro atoms. The molecule has 1 aliphatic heterocycles. The summed E-state index contributed by atoms with van der Waals surface area (Å²) in [6.07, 6.45) is 6.41. The van der Waals surface area contributed by atoms with Crippen molar-refractivity contribution in [3.8, 4) is 22.9 Å². The quantitative estimate of drug-likeness (QED) is 0.460. The Labute approximate surface area is 183 Å². The van der Waals surface area contributed by atoms with Crippen molar-refractivity contribution in [2.24, 2.45) is 5.10 Å². The second kappa shape index (κ2) is 7.37. The van der Waals surface area contributed by atoms with Gasteiger partial charge in [0, 0.05) is 11.6 Å². The summed E-state index contributed by atoms with van der Waals surface area (Å²) < 4.78 is 29.7. The van der Waals surface area contributed by atoms with E-state index in [2.05, 4.69) is 20.1 Å². The normalized spacial score (nSPS) is 15.9. The van der Waals surface area contributed by atoms with Crippen molar-refractivity contribution in [2.75, 3.05) is 21.3 Å². The smallest absolute Gasteiger partial charge is 0.186 e. The van der Waals surface area contributed by atoms with Gasteiger partial charge in [0.2, 0.25) is 0 Å². The molecule has 0 fully saturated rings. The molecule has 9 heteroatoms. The molecule has 1 unspecified atom stereocenters. The number of hydrazone groups is 1. The molecule has 1 atom stereocenters. The van der Waals surface area contributed by atoms with Gasteiger partial charge in [-0.2, -0.15) is 0 Å². The Morgan fingerprint density at radius 1 is 1.03 bits per heavy atom. The molecule has 0 aliphatic carbocycles. The van der Waals surface area contributed by atoms with E-state index < -0.39 is 5.82 Å². The van der Waals surface area contributed by atoms with Gasteiger partial charge in [0.15, 0.2) is 30.7 Å². The molecule has 0 radical (unpaired) electrons. The Kier molecular flexibility index (Phi) is 4.61. The van der Waals surface area contributed by atoms with Crippen LogP contribution in [0.15, 0.2) is 35.8 Å². The lowest BCUT2D eigenvalue weighted by atomic mass is 9.95. The van der Waals surface area contributed by atoms with E-state index in [0.29, 0.717) is 22.8 Å². The van der Waals surface area contributed by atoms with E-state index in [1.807, 2.05) is 43.6 Å². The van der Waals surface area contributed by atoms with E-state index in [1.165, 1.54) is 13.3 Å². The predicted octanol–water partition coefficient (Wildman–Crippen LogP) is 3.60. The largest absolute Gasteiger partial charge is 0.496 e. The fourth-order valence-corrected chi connectivity index (χ4v) is 4.27. The number of nitrogens with zero attached hydrogens (tertiary/aromatic N) is 6. The van der Waals surface area contributed by atoms with Crippen molar-refractivity contribution in [2.45, 2.75) is 19.8 Å². The molecule has 0 saturated heterocycles. The van der Waals surface area contributed by atoms with Crippen molar-refractivity contribution in [3.63, 3.8) is 0 Å². The zero-order valence-corrected chi connectivity index (χ0v) is 18.4. The molecule has 8 nitrogen and oxygen atoms in total. The van der Waals surface area contributed by atoms with Gasteiger partial charge >= 0.3 is 0 Å². The van der Waals surface area contributed by atoms with Gasteiger partial charge in [-0.3, -0.25) is 14.4 Å². The van der Waals surface area contributed by atoms with E-state index >= 15 is 0 Å². The van der Waals surface area contributed by atoms with E-state index in [4.69, 9.17) is 9.47 Å². The maximum Gasteiger partial charge on any atom is 0.186 e. The maximum atomic E-state index is 14.9. The Morgan fingerprint density at radius 3 is 2.50 bits per heavy atom. The van der Waals surface area contributed by atoms with Crippen LogP contribution in [0, 0.1) is 12.7 Å². The highest BCUT2D eigenvalue weighted by Crippen LogP contribution is 2.37. The topological polar surface area (TPSA) is 76.9 Å². The predicted molar refractivity (Wildman–Crippen MR) is 120 cm³/mol. The number of methoxy groups -OCH3 is 2. The summed E-state index contributed by atoms with van der Waals surface area (Å²) in [7, 11) is 5.02. The Bertz CT molecular complexity index is 1460. The summed E-state index contributed by atoms with van der Waals surface area (Å²) in [4.78, 5) is 13.2. The van der Waals surface area contributed by atoms with Gasteiger partial charge in [-0.05, 0) is 25.0 Å². The van der Waals surface area contributed by atoms with Crippen molar-refractivity contribution in [1.82, 2.24) is 19.4 Å². The Balaban J connectivity index is 1.88. The fraction of sp³-hybridized carbons (Fsp3) is 0.261. The molecule has 1 aromatic carbocycles. The Morgan fingerprint density at radius 2 is 1.81 bits per heavy atom. The van der Waals surface area contributed by atoms with Crippen molar-refractivity contribution >= 4 is 28.5 Å². The van der Waals surface area contributed by atoms with Gasteiger partial charge in [-0.1, -0.05) is 4.68 Å². The van der Waals surface area contributed by atoms with Gasteiger partial charge in [0.25, 0.3) is 0 Å². The minimum Gasteiger partial charge on any atom is -0.496 e. The first kappa shape index (κ1) is 20.0. The zero-order chi connectivity index (χ0) is 22.6. The molecule has 4 heterocycles. The fourth-order valence-electron chi connectivity index (χ4n) is 4.27. The molecule has 0 bridgehead atoms. The summed E-state index contributed by atoms with van der Waals surface area (Å²) in [6.45, 7) is 3.86. The van der Waals surface area contributed by atoms with Gasteiger partial charge in [-0.25, -0.2) is 9.37 Å². The van der Waals surface area contributed by atoms with E-state index in [-0.39, 0.29) is 11.5 Å². The molecular formula is C23H22FN6O2+. The van der Waals surface area contributed by atoms with Crippen molar-refractivity contribution < 1.29 is 18.5 Å². The zero-order valence-electron chi connectivity index (χ0n) is 18.4. The number of aromatic nitrogens is 4. The lowest BCUT2D eigenvalue weighted by molar-refractivity contribution is -0.495. The van der Waals surface area contributed by atoms with Crippen LogP contribution >= 0.6 is 0 Å². The molecule has 3 aromatic heterocycles. The van der Waals surface area contributed by atoms with Crippen LogP contribution in [0.2, 0.25) is 0 Å². The number of hydrogen-bond donors (Lipinski definition) is 0. The minimum atomic E-state index is -0.510. The highest BCUT2D eigenvalue weighted by atomic mass is 19.1. The van der Waals surface area contributed by atoms with Crippen molar-refractivity contribution in [3.05, 3.63) is 47.8 Å². The number of imidazole rings is 1. The summed E-state index contributed by atoms with van der Waals surface area (Å²) in [6, 6.07) is 3.91. The molecular weight excluding hydrogens is 411 g/mol.